The molecule has 2 rings (SSSR count). The Morgan fingerprint density at radius 2 is 2.21 bits per heavy atom. The van der Waals surface area contributed by atoms with Crippen molar-refractivity contribution >= 4 is 27.3 Å². The fourth-order valence-corrected chi connectivity index (χ4v) is 2.03. The number of nitro benzene ring substituents is 1. The molecule has 5 nitrogen and oxygen atoms in total. The summed E-state index contributed by atoms with van der Waals surface area (Å²) < 4.78 is 0.473. The van der Waals surface area contributed by atoms with Gasteiger partial charge >= 0.3 is 0 Å². The third kappa shape index (κ3) is 3.29. The van der Waals surface area contributed by atoms with Crippen LogP contribution in [0.2, 0.25) is 0 Å². The van der Waals surface area contributed by atoms with Crippen LogP contribution >= 0.6 is 15.9 Å². The van der Waals surface area contributed by atoms with Crippen molar-refractivity contribution in [1.29, 1.82) is 0 Å². The molecule has 98 valence electrons. The first-order chi connectivity index (χ1) is 9.08. The molecule has 0 bridgehead atoms. The van der Waals surface area contributed by atoms with Gasteiger partial charge in [-0.2, -0.15) is 0 Å². The van der Waals surface area contributed by atoms with Crippen LogP contribution in [0.1, 0.15) is 11.1 Å². The van der Waals surface area contributed by atoms with Crippen molar-refractivity contribution in [2.45, 2.75) is 13.5 Å². The van der Waals surface area contributed by atoms with Gasteiger partial charge in [0.25, 0.3) is 5.69 Å². The van der Waals surface area contributed by atoms with Crippen molar-refractivity contribution in [3.05, 3.63) is 62.4 Å². The van der Waals surface area contributed by atoms with E-state index in [2.05, 4.69) is 26.2 Å². The molecular formula is C13H12BrN3O2. The zero-order valence-corrected chi connectivity index (χ0v) is 11.8. The van der Waals surface area contributed by atoms with Crippen molar-refractivity contribution in [3.8, 4) is 0 Å². The zero-order chi connectivity index (χ0) is 13.8. The molecule has 0 saturated heterocycles. The van der Waals surface area contributed by atoms with Gasteiger partial charge in [0.2, 0.25) is 0 Å². The van der Waals surface area contributed by atoms with Crippen molar-refractivity contribution in [1.82, 2.24) is 4.98 Å². The molecule has 6 heteroatoms. The van der Waals surface area contributed by atoms with E-state index in [1.165, 1.54) is 6.07 Å². The van der Waals surface area contributed by atoms with Crippen molar-refractivity contribution in [2.24, 2.45) is 0 Å². The Hall–Kier alpha value is -1.95. The fraction of sp³-hybridized carbons (Fsp3) is 0.154. The fourth-order valence-electron chi connectivity index (χ4n) is 1.64. The third-order valence-corrected chi connectivity index (χ3v) is 3.44. The highest BCUT2D eigenvalue weighted by molar-refractivity contribution is 9.10. The van der Waals surface area contributed by atoms with E-state index in [-0.39, 0.29) is 5.69 Å². The smallest absolute Gasteiger partial charge is 0.285 e. The van der Waals surface area contributed by atoms with Crippen molar-refractivity contribution in [3.63, 3.8) is 0 Å². The highest BCUT2D eigenvalue weighted by atomic mass is 79.9. The van der Waals surface area contributed by atoms with Crippen molar-refractivity contribution < 1.29 is 4.92 Å². The summed E-state index contributed by atoms with van der Waals surface area (Å²) in [7, 11) is 0. The van der Waals surface area contributed by atoms with Gasteiger partial charge < -0.3 is 5.32 Å². The van der Waals surface area contributed by atoms with Crippen LogP contribution in [0.15, 0.2) is 41.1 Å². The molecular weight excluding hydrogens is 310 g/mol. The Morgan fingerprint density at radius 1 is 1.42 bits per heavy atom. The summed E-state index contributed by atoms with van der Waals surface area (Å²) in [5.74, 6) is 0. The first-order valence-electron chi connectivity index (χ1n) is 5.65. The van der Waals surface area contributed by atoms with E-state index in [0.717, 1.165) is 11.1 Å². The average molecular weight is 322 g/mol. The lowest BCUT2D eigenvalue weighted by molar-refractivity contribution is -0.385. The van der Waals surface area contributed by atoms with Gasteiger partial charge in [0.1, 0.15) is 0 Å². The van der Waals surface area contributed by atoms with E-state index in [0.29, 0.717) is 16.7 Å². The third-order valence-electron chi connectivity index (χ3n) is 2.77. The molecule has 0 spiro atoms. The minimum absolute atomic E-state index is 0.0490. The second-order valence-electron chi connectivity index (χ2n) is 4.08. The second-order valence-corrected chi connectivity index (χ2v) is 4.93. The summed E-state index contributed by atoms with van der Waals surface area (Å²) in [6, 6.07) is 6.90. The lowest BCUT2D eigenvalue weighted by Crippen LogP contribution is -2.02. The van der Waals surface area contributed by atoms with Gasteiger partial charge in [-0.1, -0.05) is 0 Å². The van der Waals surface area contributed by atoms with Crippen LogP contribution in [0.3, 0.4) is 0 Å². The molecule has 1 heterocycles. The van der Waals surface area contributed by atoms with Crippen LogP contribution < -0.4 is 5.32 Å². The van der Waals surface area contributed by atoms with Gasteiger partial charge in [-0.05, 0) is 52.2 Å². The molecule has 1 aromatic heterocycles. The highest BCUT2D eigenvalue weighted by Gasteiger charge is 2.12. The zero-order valence-electron chi connectivity index (χ0n) is 10.3. The summed E-state index contributed by atoms with van der Waals surface area (Å²) in [6.07, 6.45) is 3.53. The van der Waals surface area contributed by atoms with Crippen LogP contribution in [0, 0.1) is 17.0 Å². The van der Waals surface area contributed by atoms with Crippen LogP contribution in [0.4, 0.5) is 11.4 Å². The van der Waals surface area contributed by atoms with E-state index in [1.54, 1.807) is 24.5 Å². The molecule has 0 aliphatic heterocycles. The van der Waals surface area contributed by atoms with E-state index in [1.807, 2.05) is 13.0 Å². The van der Waals surface area contributed by atoms with Gasteiger partial charge in [0, 0.05) is 30.7 Å². The number of benzene rings is 1. The van der Waals surface area contributed by atoms with E-state index in [9.17, 15) is 10.1 Å². The molecule has 0 fully saturated rings. The normalized spacial score (nSPS) is 10.2. The maximum Gasteiger partial charge on any atom is 0.285 e. The number of anilines is 1. The molecule has 0 aliphatic rings. The Kier molecular flexibility index (Phi) is 4.11. The predicted molar refractivity (Wildman–Crippen MR) is 77.1 cm³/mol. The van der Waals surface area contributed by atoms with Gasteiger partial charge in [-0.25, -0.2) is 0 Å². The Balaban J connectivity index is 2.14. The molecule has 0 aliphatic carbocycles. The van der Waals surface area contributed by atoms with Gasteiger partial charge in [0.05, 0.1) is 9.40 Å². The monoisotopic (exact) mass is 321 g/mol. The minimum atomic E-state index is -0.412. The van der Waals surface area contributed by atoms with E-state index >= 15 is 0 Å². The van der Waals surface area contributed by atoms with Gasteiger partial charge in [-0.3, -0.25) is 15.1 Å². The second kappa shape index (κ2) is 5.79. The number of nitro groups is 1. The average Bonchev–Trinajstić information content (AvgIpc) is 2.39. The summed E-state index contributed by atoms with van der Waals surface area (Å²) in [5.41, 5.74) is 2.95. The lowest BCUT2D eigenvalue weighted by atomic mass is 10.1. The number of rotatable bonds is 4. The first-order valence-corrected chi connectivity index (χ1v) is 6.44. The molecule has 0 unspecified atom stereocenters. The van der Waals surface area contributed by atoms with E-state index in [4.69, 9.17) is 0 Å². The molecule has 0 saturated carbocycles. The quantitative estimate of drug-likeness (QED) is 0.689. The molecule has 1 N–H and O–H groups in total. The number of pyridine rings is 1. The molecule has 0 amide bonds. The van der Waals surface area contributed by atoms with Crippen molar-refractivity contribution in [2.75, 3.05) is 5.32 Å². The summed E-state index contributed by atoms with van der Waals surface area (Å²) >= 11 is 3.16. The minimum Gasteiger partial charge on any atom is -0.381 e. The number of nitrogens with zero attached hydrogens (tertiary/aromatic N) is 2. The maximum atomic E-state index is 10.8. The molecule has 2 aromatic rings. The maximum absolute atomic E-state index is 10.8. The summed E-state index contributed by atoms with van der Waals surface area (Å²) in [5, 5.41) is 14.0. The number of aryl methyl sites for hydroxylation is 1. The molecule has 19 heavy (non-hydrogen) atoms. The molecule has 0 atom stereocenters. The number of hydrogen-bond acceptors (Lipinski definition) is 4. The van der Waals surface area contributed by atoms with Gasteiger partial charge in [0.15, 0.2) is 0 Å². The van der Waals surface area contributed by atoms with Gasteiger partial charge in [-0.15, -0.1) is 0 Å². The predicted octanol–water partition coefficient (Wildman–Crippen LogP) is 3.67. The lowest BCUT2D eigenvalue weighted by Gasteiger charge is -2.08. The summed E-state index contributed by atoms with van der Waals surface area (Å²) in [6.45, 7) is 2.58. The number of aromatic nitrogens is 1. The largest absolute Gasteiger partial charge is 0.381 e. The first kappa shape index (κ1) is 13.5. The number of hydrogen-bond donors (Lipinski definition) is 1. The standard InChI is InChI=1S/C13H12BrN3O2/c1-9-4-5-15-7-10(9)8-16-11-2-3-12(14)13(6-11)17(18)19/h2-7,16H,8H2,1H3. The SMILES string of the molecule is Cc1ccncc1CNc1ccc(Br)c([N+](=O)[O-])c1. The Bertz CT molecular complexity index is 617. The molecule has 0 radical (unpaired) electrons. The Labute approximate surface area is 119 Å². The van der Waals surface area contributed by atoms with Crippen LogP contribution in [-0.4, -0.2) is 9.91 Å². The highest BCUT2D eigenvalue weighted by Crippen LogP contribution is 2.28. The number of nitrogens with one attached hydrogen (secondary N) is 1. The topological polar surface area (TPSA) is 68.1 Å². The van der Waals surface area contributed by atoms with E-state index < -0.39 is 4.92 Å². The molecule has 1 aromatic carbocycles. The van der Waals surface area contributed by atoms with Crippen LogP contribution in [0.25, 0.3) is 0 Å². The number of halogens is 1. The van der Waals surface area contributed by atoms with Crippen LogP contribution in [0.5, 0.6) is 0 Å². The Morgan fingerprint density at radius 3 is 2.89 bits per heavy atom. The summed E-state index contributed by atoms with van der Waals surface area (Å²) in [4.78, 5) is 14.5. The van der Waals surface area contributed by atoms with Crippen LogP contribution in [-0.2, 0) is 6.54 Å².